The number of nitriles is 1. The molecule has 0 N–H and O–H groups in total. The Labute approximate surface area is 90.6 Å². The summed E-state index contributed by atoms with van der Waals surface area (Å²) >= 11 is 2.77. The number of alkyl halides is 2. The number of nitrogens with zero attached hydrogens (tertiary/aromatic N) is 3. The second-order valence-electron chi connectivity index (χ2n) is 2.38. The first kappa shape index (κ1) is 11.5. The van der Waals surface area contributed by atoms with E-state index in [1.165, 1.54) is 6.07 Å². The molecule has 0 unspecified atom stereocenters. The van der Waals surface area contributed by atoms with Gasteiger partial charge in [0.05, 0.1) is 4.92 Å². The first-order valence-corrected chi connectivity index (χ1v) is 4.29. The van der Waals surface area contributed by atoms with Crippen LogP contribution in [-0.4, -0.2) is 9.91 Å². The zero-order valence-corrected chi connectivity index (χ0v) is 8.53. The average Bonchev–Trinajstić information content (AvgIpc) is 2.15. The van der Waals surface area contributed by atoms with Gasteiger partial charge >= 0.3 is 5.69 Å². The lowest BCUT2D eigenvalue weighted by atomic mass is 10.2. The Bertz CT molecular complexity index is 458. The summed E-state index contributed by atoms with van der Waals surface area (Å²) in [5.74, 6) is 0. The van der Waals surface area contributed by atoms with Crippen molar-refractivity contribution in [3.05, 3.63) is 32.0 Å². The van der Waals surface area contributed by atoms with Gasteiger partial charge in [0, 0.05) is 6.20 Å². The SMILES string of the molecule is N#Cc1c(C(F)F)ncc(Br)c1[N+](=O)[O-]. The molecule has 78 valence electrons. The number of rotatable bonds is 2. The highest BCUT2D eigenvalue weighted by Crippen LogP contribution is 2.32. The summed E-state index contributed by atoms with van der Waals surface area (Å²) in [7, 11) is 0. The van der Waals surface area contributed by atoms with Crippen LogP contribution in [0.25, 0.3) is 0 Å². The van der Waals surface area contributed by atoms with Crippen molar-refractivity contribution in [2.75, 3.05) is 0 Å². The Morgan fingerprint density at radius 3 is 2.67 bits per heavy atom. The second-order valence-corrected chi connectivity index (χ2v) is 3.24. The Morgan fingerprint density at radius 2 is 2.27 bits per heavy atom. The van der Waals surface area contributed by atoms with E-state index in [2.05, 4.69) is 20.9 Å². The summed E-state index contributed by atoms with van der Waals surface area (Å²) in [5.41, 5.74) is -2.29. The van der Waals surface area contributed by atoms with Crippen molar-refractivity contribution in [3.63, 3.8) is 0 Å². The molecule has 0 fully saturated rings. The van der Waals surface area contributed by atoms with Gasteiger partial charge in [0.15, 0.2) is 5.56 Å². The van der Waals surface area contributed by atoms with Crippen LogP contribution in [0.2, 0.25) is 0 Å². The molecule has 8 heteroatoms. The highest BCUT2D eigenvalue weighted by molar-refractivity contribution is 9.10. The third kappa shape index (κ3) is 2.07. The molecule has 1 rings (SSSR count). The molecule has 0 bridgehead atoms. The van der Waals surface area contributed by atoms with Gasteiger partial charge in [0.25, 0.3) is 6.43 Å². The number of halogens is 3. The van der Waals surface area contributed by atoms with E-state index in [-0.39, 0.29) is 4.47 Å². The smallest absolute Gasteiger partial charge is 0.258 e. The van der Waals surface area contributed by atoms with E-state index in [4.69, 9.17) is 5.26 Å². The van der Waals surface area contributed by atoms with Crippen LogP contribution >= 0.6 is 15.9 Å². The summed E-state index contributed by atoms with van der Waals surface area (Å²) in [5, 5.41) is 19.1. The monoisotopic (exact) mass is 277 g/mol. The standard InChI is InChI=1S/C7H2BrF2N3O2/c8-4-2-12-5(7(9)10)3(1-11)6(4)13(14)15/h2,7H. The minimum atomic E-state index is -3.02. The normalized spacial score (nSPS) is 10.1. The van der Waals surface area contributed by atoms with Gasteiger partial charge in [0.2, 0.25) is 0 Å². The van der Waals surface area contributed by atoms with E-state index >= 15 is 0 Å². The molecule has 0 radical (unpaired) electrons. The predicted molar refractivity (Wildman–Crippen MR) is 48.3 cm³/mol. The van der Waals surface area contributed by atoms with Crippen LogP contribution in [0, 0.1) is 21.4 Å². The van der Waals surface area contributed by atoms with Gasteiger partial charge < -0.3 is 0 Å². The van der Waals surface area contributed by atoms with Crippen molar-refractivity contribution in [2.45, 2.75) is 6.43 Å². The quantitative estimate of drug-likeness (QED) is 0.615. The van der Waals surface area contributed by atoms with Gasteiger partial charge in [-0.1, -0.05) is 0 Å². The highest BCUT2D eigenvalue weighted by atomic mass is 79.9. The Kier molecular flexibility index (Phi) is 3.26. The zero-order valence-electron chi connectivity index (χ0n) is 6.95. The first-order valence-electron chi connectivity index (χ1n) is 3.50. The average molecular weight is 278 g/mol. The topological polar surface area (TPSA) is 79.8 Å². The Morgan fingerprint density at radius 1 is 1.67 bits per heavy atom. The summed E-state index contributed by atoms with van der Waals surface area (Å²) in [6.07, 6.45) is -2.15. The van der Waals surface area contributed by atoms with E-state index in [0.29, 0.717) is 0 Å². The molecule has 0 spiro atoms. The van der Waals surface area contributed by atoms with Crippen LogP contribution in [0.4, 0.5) is 14.5 Å². The number of hydrogen-bond donors (Lipinski definition) is 0. The number of hydrogen-bond acceptors (Lipinski definition) is 4. The molecule has 1 aromatic rings. The van der Waals surface area contributed by atoms with Gasteiger partial charge in [-0.3, -0.25) is 15.1 Å². The molecule has 0 saturated heterocycles. The van der Waals surface area contributed by atoms with Gasteiger partial charge in [-0.15, -0.1) is 0 Å². The van der Waals surface area contributed by atoms with Gasteiger partial charge in [-0.2, -0.15) is 5.26 Å². The lowest BCUT2D eigenvalue weighted by molar-refractivity contribution is -0.386. The lowest BCUT2D eigenvalue weighted by Crippen LogP contribution is -2.01. The maximum absolute atomic E-state index is 12.3. The minimum Gasteiger partial charge on any atom is -0.258 e. The van der Waals surface area contributed by atoms with E-state index < -0.39 is 28.3 Å². The molecule has 5 nitrogen and oxygen atoms in total. The van der Waals surface area contributed by atoms with Crippen LogP contribution in [0.3, 0.4) is 0 Å². The molecule has 0 amide bonds. The van der Waals surface area contributed by atoms with Crippen LogP contribution < -0.4 is 0 Å². The summed E-state index contributed by atoms with van der Waals surface area (Å²) < 4.78 is 24.6. The summed E-state index contributed by atoms with van der Waals surface area (Å²) in [4.78, 5) is 12.9. The van der Waals surface area contributed by atoms with E-state index in [0.717, 1.165) is 6.20 Å². The fourth-order valence-electron chi connectivity index (χ4n) is 0.947. The van der Waals surface area contributed by atoms with Crippen LogP contribution in [0.1, 0.15) is 17.7 Å². The van der Waals surface area contributed by atoms with E-state index in [1.54, 1.807) is 0 Å². The minimum absolute atomic E-state index is 0.103. The number of nitro groups is 1. The van der Waals surface area contributed by atoms with Gasteiger partial charge in [0.1, 0.15) is 16.2 Å². The van der Waals surface area contributed by atoms with Crippen molar-refractivity contribution in [2.24, 2.45) is 0 Å². The Hall–Kier alpha value is -1.62. The maximum Gasteiger partial charge on any atom is 0.304 e. The van der Waals surface area contributed by atoms with Gasteiger partial charge in [-0.25, -0.2) is 8.78 Å². The number of pyridine rings is 1. The van der Waals surface area contributed by atoms with Crippen LogP contribution in [0.15, 0.2) is 10.7 Å². The molecule has 1 aromatic heterocycles. The fourth-order valence-corrected chi connectivity index (χ4v) is 1.39. The second kappa shape index (κ2) is 4.27. The summed E-state index contributed by atoms with van der Waals surface area (Å²) in [6, 6.07) is 1.35. The van der Waals surface area contributed by atoms with Crippen molar-refractivity contribution in [3.8, 4) is 6.07 Å². The van der Waals surface area contributed by atoms with Crippen molar-refractivity contribution >= 4 is 21.6 Å². The van der Waals surface area contributed by atoms with Crippen molar-refractivity contribution < 1.29 is 13.7 Å². The van der Waals surface area contributed by atoms with E-state index in [9.17, 15) is 18.9 Å². The molecule has 0 aliphatic rings. The number of aromatic nitrogens is 1. The van der Waals surface area contributed by atoms with E-state index in [1.807, 2.05) is 0 Å². The maximum atomic E-state index is 12.3. The highest BCUT2D eigenvalue weighted by Gasteiger charge is 2.27. The first-order chi connectivity index (χ1) is 6.99. The third-order valence-corrected chi connectivity index (χ3v) is 2.12. The molecule has 0 atom stereocenters. The third-order valence-electron chi connectivity index (χ3n) is 1.54. The van der Waals surface area contributed by atoms with Crippen LogP contribution in [0.5, 0.6) is 0 Å². The largest absolute Gasteiger partial charge is 0.304 e. The summed E-state index contributed by atoms with van der Waals surface area (Å²) in [6.45, 7) is 0. The van der Waals surface area contributed by atoms with Crippen molar-refractivity contribution in [1.29, 1.82) is 5.26 Å². The molecule has 0 aliphatic carbocycles. The van der Waals surface area contributed by atoms with Gasteiger partial charge in [-0.05, 0) is 15.9 Å². The molecule has 15 heavy (non-hydrogen) atoms. The predicted octanol–water partition coefficient (Wildman–Crippen LogP) is 2.56. The van der Waals surface area contributed by atoms with Crippen LogP contribution in [-0.2, 0) is 0 Å². The molecule has 1 heterocycles. The lowest BCUT2D eigenvalue weighted by Gasteiger charge is -2.03. The fraction of sp³-hybridized carbons (Fsp3) is 0.143. The molecule has 0 aromatic carbocycles. The zero-order chi connectivity index (χ0) is 11.6. The Balaban J connectivity index is 3.56. The molecule has 0 aliphatic heterocycles. The molecule has 0 saturated carbocycles. The molecular weight excluding hydrogens is 276 g/mol. The van der Waals surface area contributed by atoms with Crippen molar-refractivity contribution in [1.82, 2.24) is 4.98 Å². The molecular formula is C7H2BrF2N3O2.